The van der Waals surface area contributed by atoms with Gasteiger partial charge in [-0.2, -0.15) is 0 Å². The second kappa shape index (κ2) is 6.81. The van der Waals surface area contributed by atoms with E-state index in [2.05, 4.69) is 43.9 Å². The summed E-state index contributed by atoms with van der Waals surface area (Å²) in [6.07, 6.45) is 3.86. The van der Waals surface area contributed by atoms with E-state index in [0.29, 0.717) is 11.8 Å². The fourth-order valence-corrected chi connectivity index (χ4v) is 5.19. The monoisotopic (exact) mass is 359 g/mol. The zero-order chi connectivity index (χ0) is 18.4. The molecule has 0 spiro atoms. The van der Waals surface area contributed by atoms with Gasteiger partial charge < -0.3 is 14.6 Å². The number of aliphatic hydroxyl groups is 1. The molecule has 0 bridgehead atoms. The molecule has 1 aromatic carbocycles. The molecular formula is C22H33NO3. The van der Waals surface area contributed by atoms with Crippen molar-refractivity contribution < 1.29 is 14.6 Å². The standard InChI is InChI=1S/C22H33NO3/c1-16-14-23(9-8-22(16,24)19-6-10-25-11-7-19)15-17-4-5-20-18(12-17)13-21(2,3)26-20/h4-5,12,16,19,24H,6-11,13-15H2,1-3H3/t16-,22+/m1/s1. The van der Waals surface area contributed by atoms with Gasteiger partial charge in [0, 0.05) is 39.3 Å². The van der Waals surface area contributed by atoms with Crippen LogP contribution in [0.15, 0.2) is 18.2 Å². The molecule has 0 aliphatic carbocycles. The molecule has 0 radical (unpaired) electrons. The molecule has 3 heterocycles. The predicted octanol–water partition coefficient (Wildman–Crippen LogP) is 3.40. The minimum Gasteiger partial charge on any atom is -0.487 e. The van der Waals surface area contributed by atoms with Gasteiger partial charge in [0.2, 0.25) is 0 Å². The van der Waals surface area contributed by atoms with Crippen molar-refractivity contribution in [3.63, 3.8) is 0 Å². The Bertz CT molecular complexity index is 653. The normalized spacial score (nSPS) is 32.2. The van der Waals surface area contributed by atoms with Crippen molar-refractivity contribution in [1.29, 1.82) is 0 Å². The summed E-state index contributed by atoms with van der Waals surface area (Å²) in [4.78, 5) is 2.50. The summed E-state index contributed by atoms with van der Waals surface area (Å²) in [6, 6.07) is 6.64. The number of piperidine rings is 1. The number of fused-ring (bicyclic) bond motifs is 1. The maximum absolute atomic E-state index is 11.3. The lowest BCUT2D eigenvalue weighted by molar-refractivity contribution is -0.131. The zero-order valence-corrected chi connectivity index (χ0v) is 16.5. The number of hydrogen-bond donors (Lipinski definition) is 1. The summed E-state index contributed by atoms with van der Waals surface area (Å²) in [5.41, 5.74) is 2.08. The first-order valence-corrected chi connectivity index (χ1v) is 10.2. The molecule has 2 fully saturated rings. The van der Waals surface area contributed by atoms with Crippen LogP contribution < -0.4 is 4.74 Å². The molecule has 26 heavy (non-hydrogen) atoms. The van der Waals surface area contributed by atoms with Gasteiger partial charge in [-0.1, -0.05) is 19.1 Å². The Morgan fingerprint density at radius 3 is 2.73 bits per heavy atom. The van der Waals surface area contributed by atoms with Crippen molar-refractivity contribution in [1.82, 2.24) is 4.90 Å². The molecule has 4 nitrogen and oxygen atoms in total. The van der Waals surface area contributed by atoms with E-state index in [1.807, 2.05) is 0 Å². The summed E-state index contributed by atoms with van der Waals surface area (Å²) in [5.74, 6) is 1.74. The third kappa shape index (κ3) is 3.51. The maximum atomic E-state index is 11.3. The van der Waals surface area contributed by atoms with Crippen molar-refractivity contribution in [2.75, 3.05) is 26.3 Å². The van der Waals surface area contributed by atoms with Gasteiger partial charge in [-0.25, -0.2) is 0 Å². The zero-order valence-electron chi connectivity index (χ0n) is 16.5. The third-order valence-electron chi connectivity index (χ3n) is 6.68. The summed E-state index contributed by atoms with van der Waals surface area (Å²) >= 11 is 0. The highest BCUT2D eigenvalue weighted by molar-refractivity contribution is 5.41. The molecule has 3 aliphatic heterocycles. The van der Waals surface area contributed by atoms with Crippen molar-refractivity contribution in [3.05, 3.63) is 29.3 Å². The molecule has 0 amide bonds. The van der Waals surface area contributed by atoms with Crippen LogP contribution in [0.3, 0.4) is 0 Å². The predicted molar refractivity (Wildman–Crippen MR) is 102 cm³/mol. The Labute approximate surface area is 157 Å². The van der Waals surface area contributed by atoms with Crippen LogP contribution in [0, 0.1) is 11.8 Å². The van der Waals surface area contributed by atoms with E-state index in [1.165, 1.54) is 11.1 Å². The van der Waals surface area contributed by atoms with Crippen molar-refractivity contribution >= 4 is 0 Å². The average Bonchev–Trinajstić information content (AvgIpc) is 2.92. The molecule has 4 rings (SSSR count). The molecule has 2 saturated heterocycles. The smallest absolute Gasteiger partial charge is 0.123 e. The minimum absolute atomic E-state index is 0.0825. The minimum atomic E-state index is -0.518. The number of ether oxygens (including phenoxy) is 2. The van der Waals surface area contributed by atoms with E-state index in [4.69, 9.17) is 9.47 Å². The van der Waals surface area contributed by atoms with Gasteiger partial charge in [-0.05, 0) is 62.1 Å². The van der Waals surface area contributed by atoms with Gasteiger partial charge in [-0.3, -0.25) is 4.90 Å². The lowest BCUT2D eigenvalue weighted by atomic mass is 9.70. The van der Waals surface area contributed by atoms with Gasteiger partial charge in [0.05, 0.1) is 5.60 Å². The maximum Gasteiger partial charge on any atom is 0.123 e. The highest BCUT2D eigenvalue weighted by Gasteiger charge is 2.45. The second-order valence-corrected chi connectivity index (χ2v) is 9.24. The van der Waals surface area contributed by atoms with Crippen LogP contribution in [0.5, 0.6) is 5.75 Å². The fraction of sp³-hybridized carbons (Fsp3) is 0.727. The first-order chi connectivity index (χ1) is 12.4. The molecule has 1 aromatic rings. The number of hydrogen-bond acceptors (Lipinski definition) is 4. The van der Waals surface area contributed by atoms with Gasteiger partial charge in [-0.15, -0.1) is 0 Å². The second-order valence-electron chi connectivity index (χ2n) is 9.24. The van der Waals surface area contributed by atoms with Crippen LogP contribution in [0.1, 0.15) is 51.2 Å². The summed E-state index contributed by atoms with van der Waals surface area (Å²) < 4.78 is 11.5. The first-order valence-electron chi connectivity index (χ1n) is 10.2. The quantitative estimate of drug-likeness (QED) is 0.898. The van der Waals surface area contributed by atoms with Crippen molar-refractivity contribution in [2.45, 2.75) is 64.2 Å². The Kier molecular flexibility index (Phi) is 4.79. The molecule has 2 atom stereocenters. The van der Waals surface area contributed by atoms with Crippen LogP contribution in [0.4, 0.5) is 0 Å². The molecule has 0 aromatic heterocycles. The Balaban J connectivity index is 1.39. The van der Waals surface area contributed by atoms with Gasteiger partial charge in [0.1, 0.15) is 11.4 Å². The lowest BCUT2D eigenvalue weighted by Crippen LogP contribution is -2.55. The van der Waals surface area contributed by atoms with Crippen molar-refractivity contribution in [3.8, 4) is 5.75 Å². The lowest BCUT2D eigenvalue weighted by Gasteiger charge is -2.48. The van der Waals surface area contributed by atoms with E-state index >= 15 is 0 Å². The number of benzene rings is 1. The summed E-state index contributed by atoms with van der Waals surface area (Å²) in [5, 5.41) is 11.3. The van der Waals surface area contributed by atoms with E-state index in [9.17, 15) is 5.11 Å². The number of rotatable bonds is 3. The fourth-order valence-electron chi connectivity index (χ4n) is 5.19. The van der Waals surface area contributed by atoms with Crippen LogP contribution >= 0.6 is 0 Å². The van der Waals surface area contributed by atoms with E-state index < -0.39 is 5.60 Å². The number of likely N-dealkylation sites (tertiary alicyclic amines) is 1. The van der Waals surface area contributed by atoms with Crippen LogP contribution in [-0.4, -0.2) is 47.5 Å². The highest BCUT2D eigenvalue weighted by atomic mass is 16.5. The molecular weight excluding hydrogens is 326 g/mol. The van der Waals surface area contributed by atoms with Gasteiger partial charge >= 0.3 is 0 Å². The molecule has 0 unspecified atom stereocenters. The van der Waals surface area contributed by atoms with Gasteiger partial charge in [0.15, 0.2) is 0 Å². The van der Waals surface area contributed by atoms with Gasteiger partial charge in [0.25, 0.3) is 0 Å². The SMILES string of the molecule is C[C@@H]1CN(Cc2ccc3c(c2)CC(C)(C)O3)CC[C@@]1(O)C1CCOCC1. The van der Waals surface area contributed by atoms with Crippen LogP contribution in [0.25, 0.3) is 0 Å². The molecule has 1 N–H and O–H groups in total. The summed E-state index contributed by atoms with van der Waals surface area (Å²) in [6.45, 7) is 11.0. The molecule has 3 aliphatic rings. The topological polar surface area (TPSA) is 41.9 Å². The third-order valence-corrected chi connectivity index (χ3v) is 6.68. The van der Waals surface area contributed by atoms with E-state index in [0.717, 1.165) is 64.3 Å². The highest BCUT2D eigenvalue weighted by Crippen LogP contribution is 2.40. The van der Waals surface area contributed by atoms with E-state index in [1.54, 1.807) is 0 Å². The molecule has 0 saturated carbocycles. The Morgan fingerprint density at radius 2 is 2.00 bits per heavy atom. The van der Waals surface area contributed by atoms with Crippen LogP contribution in [-0.2, 0) is 17.7 Å². The van der Waals surface area contributed by atoms with Crippen molar-refractivity contribution in [2.24, 2.45) is 11.8 Å². The molecule has 144 valence electrons. The Morgan fingerprint density at radius 1 is 1.23 bits per heavy atom. The largest absolute Gasteiger partial charge is 0.487 e. The Hall–Kier alpha value is -1.10. The van der Waals surface area contributed by atoms with Crippen LogP contribution in [0.2, 0.25) is 0 Å². The number of nitrogens with zero attached hydrogens (tertiary/aromatic N) is 1. The first kappa shape index (κ1) is 18.3. The molecule has 4 heteroatoms. The summed E-state index contributed by atoms with van der Waals surface area (Å²) in [7, 11) is 0. The van der Waals surface area contributed by atoms with E-state index in [-0.39, 0.29) is 5.60 Å². The average molecular weight is 360 g/mol.